The third kappa shape index (κ3) is 7.32. The molecule has 1 atom stereocenters. The van der Waals surface area contributed by atoms with Crippen LogP contribution in [0.25, 0.3) is 0 Å². The van der Waals surface area contributed by atoms with Gasteiger partial charge in [0, 0.05) is 11.4 Å². The summed E-state index contributed by atoms with van der Waals surface area (Å²) in [5.74, 6) is 3.58. The lowest BCUT2D eigenvalue weighted by Crippen LogP contribution is -2.37. The van der Waals surface area contributed by atoms with Crippen molar-refractivity contribution in [2.75, 3.05) is 18.5 Å². The largest absolute Gasteiger partial charge is 0.451 e. The number of nitrogens with zero attached hydrogens (tertiary/aromatic N) is 2. The van der Waals surface area contributed by atoms with E-state index in [1.165, 1.54) is 23.6 Å². The average Bonchev–Trinajstić information content (AvgIpc) is 3.14. The fourth-order valence-corrected chi connectivity index (χ4v) is 3.60. The summed E-state index contributed by atoms with van der Waals surface area (Å²) in [5, 5.41) is 14.0. The monoisotopic (exact) mass is 533 g/mol. The van der Waals surface area contributed by atoms with Crippen molar-refractivity contribution >= 4 is 29.3 Å². The topological polar surface area (TPSA) is 156 Å². The van der Waals surface area contributed by atoms with E-state index in [1.54, 1.807) is 26.8 Å². The number of anilines is 1. The molecule has 4 N–H and O–H groups in total. The maximum atomic E-state index is 13.6. The van der Waals surface area contributed by atoms with Crippen molar-refractivity contribution in [1.29, 1.82) is 5.26 Å². The van der Waals surface area contributed by atoms with E-state index in [1.807, 2.05) is 0 Å². The number of carbonyl (C=O) groups excluding carboxylic acids is 4. The van der Waals surface area contributed by atoms with Crippen LogP contribution in [0.15, 0.2) is 18.2 Å². The van der Waals surface area contributed by atoms with Crippen LogP contribution >= 0.6 is 0 Å². The van der Waals surface area contributed by atoms with E-state index >= 15 is 0 Å². The molecule has 39 heavy (non-hydrogen) atoms. The Morgan fingerprint density at radius 1 is 1.21 bits per heavy atom. The maximum Gasteiger partial charge on any atom is 0.324 e. The number of terminal acetylenes is 1. The highest BCUT2D eigenvalue weighted by Crippen LogP contribution is 2.24. The second-order valence-corrected chi connectivity index (χ2v) is 8.73. The Labute approximate surface area is 225 Å². The number of hydrogen-bond acceptors (Lipinski definition) is 7. The Morgan fingerprint density at radius 2 is 1.90 bits per heavy atom. The molecular formula is C28H28FN5O5. The van der Waals surface area contributed by atoms with Crippen molar-refractivity contribution in [2.24, 2.45) is 11.7 Å². The fourth-order valence-electron chi connectivity index (χ4n) is 3.60. The van der Waals surface area contributed by atoms with Gasteiger partial charge in [0.05, 0.1) is 24.2 Å². The van der Waals surface area contributed by atoms with Crippen LogP contribution in [0.5, 0.6) is 0 Å². The first-order valence-electron chi connectivity index (χ1n) is 11.8. The molecule has 2 amide bonds. The van der Waals surface area contributed by atoms with Gasteiger partial charge in [0.15, 0.2) is 6.61 Å². The molecule has 0 spiro atoms. The summed E-state index contributed by atoms with van der Waals surface area (Å²) in [6.45, 7) is 6.11. The van der Waals surface area contributed by atoms with Gasteiger partial charge in [0.25, 0.3) is 17.6 Å². The Kier molecular flexibility index (Phi) is 10.5. The lowest BCUT2D eigenvalue weighted by atomic mass is 10.0. The number of nitriles is 1. The summed E-state index contributed by atoms with van der Waals surface area (Å²) < 4.78 is 20.0. The normalized spacial score (nSPS) is 10.9. The van der Waals surface area contributed by atoms with Crippen molar-refractivity contribution in [3.63, 3.8) is 0 Å². The molecule has 1 aromatic carbocycles. The van der Waals surface area contributed by atoms with Gasteiger partial charge in [-0.1, -0.05) is 31.6 Å². The average molecular weight is 534 g/mol. The van der Waals surface area contributed by atoms with Crippen molar-refractivity contribution < 1.29 is 28.3 Å². The molecule has 0 saturated carbocycles. The number of nitrogens with one attached hydrogen (secondary N) is 2. The number of aromatic nitrogens is 1. The Balaban J connectivity index is 2.17. The highest BCUT2D eigenvalue weighted by Gasteiger charge is 2.29. The minimum atomic E-state index is -0.962. The van der Waals surface area contributed by atoms with Crippen LogP contribution in [0.2, 0.25) is 0 Å². The lowest BCUT2D eigenvalue weighted by molar-refractivity contribution is -0.144. The number of nitrogens with two attached hydrogens (primary N) is 1. The highest BCUT2D eigenvalue weighted by molar-refractivity contribution is 6.43. The first-order valence-corrected chi connectivity index (χ1v) is 11.8. The molecule has 0 saturated heterocycles. The molecule has 11 heteroatoms. The third-order valence-corrected chi connectivity index (χ3v) is 5.75. The number of halogens is 1. The molecule has 0 aliphatic rings. The van der Waals surface area contributed by atoms with E-state index < -0.39 is 35.4 Å². The molecule has 0 bridgehead atoms. The zero-order valence-corrected chi connectivity index (χ0v) is 22.0. The Bertz CT molecular complexity index is 1450. The minimum absolute atomic E-state index is 0.00529. The fraction of sp³-hybridized carbons (Fsp3) is 0.321. The summed E-state index contributed by atoms with van der Waals surface area (Å²) in [6, 6.07) is 4.42. The molecule has 2 rings (SSSR count). The SMILES string of the molecule is C#CCn1c(C)c(C(=O)C(=O)NCC#CCOC(=O)C(N)C(C)C)c(C)c1C(=O)Nc1ccc(F)c(C#N)c1. The van der Waals surface area contributed by atoms with Crippen LogP contribution in [0.1, 0.15) is 51.5 Å². The van der Waals surface area contributed by atoms with Crippen molar-refractivity contribution in [3.05, 3.63) is 52.1 Å². The van der Waals surface area contributed by atoms with Crippen LogP contribution in [0.3, 0.4) is 0 Å². The second-order valence-electron chi connectivity index (χ2n) is 8.73. The van der Waals surface area contributed by atoms with Gasteiger partial charge in [0.2, 0.25) is 0 Å². The minimum Gasteiger partial charge on any atom is -0.451 e. The predicted octanol–water partition coefficient (Wildman–Crippen LogP) is 1.83. The van der Waals surface area contributed by atoms with Gasteiger partial charge in [0.1, 0.15) is 23.6 Å². The number of ketones is 1. The molecule has 0 radical (unpaired) electrons. The molecular weight excluding hydrogens is 505 g/mol. The maximum absolute atomic E-state index is 13.6. The molecule has 10 nitrogen and oxygen atoms in total. The van der Waals surface area contributed by atoms with E-state index in [0.29, 0.717) is 5.69 Å². The van der Waals surface area contributed by atoms with Crippen LogP contribution in [0, 0.1) is 61.1 Å². The molecule has 1 heterocycles. The number of amides is 2. The van der Waals surface area contributed by atoms with Crippen LogP contribution in [0.4, 0.5) is 10.1 Å². The third-order valence-electron chi connectivity index (χ3n) is 5.75. The summed E-state index contributed by atoms with van der Waals surface area (Å²) >= 11 is 0. The van der Waals surface area contributed by atoms with E-state index in [9.17, 15) is 23.6 Å². The van der Waals surface area contributed by atoms with E-state index in [4.69, 9.17) is 22.2 Å². The zero-order chi connectivity index (χ0) is 29.3. The molecule has 202 valence electrons. The van der Waals surface area contributed by atoms with Gasteiger partial charge in [-0.15, -0.1) is 6.42 Å². The van der Waals surface area contributed by atoms with Gasteiger partial charge in [-0.25, -0.2) is 4.39 Å². The van der Waals surface area contributed by atoms with E-state index in [0.717, 1.165) is 6.07 Å². The van der Waals surface area contributed by atoms with Gasteiger partial charge < -0.3 is 25.7 Å². The van der Waals surface area contributed by atoms with E-state index in [2.05, 4.69) is 28.4 Å². The molecule has 1 unspecified atom stereocenters. The van der Waals surface area contributed by atoms with Crippen LogP contribution in [-0.2, 0) is 20.9 Å². The Morgan fingerprint density at radius 3 is 2.51 bits per heavy atom. The van der Waals surface area contributed by atoms with Gasteiger partial charge >= 0.3 is 5.97 Å². The van der Waals surface area contributed by atoms with Gasteiger partial charge in [-0.3, -0.25) is 19.2 Å². The summed E-state index contributed by atoms with van der Waals surface area (Å²) in [5.41, 5.74) is 6.12. The number of carbonyl (C=O) groups is 4. The Hall–Kier alpha value is -4.92. The van der Waals surface area contributed by atoms with Crippen LogP contribution < -0.4 is 16.4 Å². The number of rotatable bonds is 9. The zero-order valence-electron chi connectivity index (χ0n) is 22.0. The number of Topliss-reactive ketones (excluding diaryl/α,β-unsaturated/α-hetero) is 1. The molecule has 2 aromatic rings. The van der Waals surface area contributed by atoms with Gasteiger partial charge in [-0.05, 0) is 43.5 Å². The number of ether oxygens (including phenoxy) is 1. The number of hydrogen-bond donors (Lipinski definition) is 3. The predicted molar refractivity (Wildman–Crippen MR) is 141 cm³/mol. The number of benzene rings is 1. The summed E-state index contributed by atoms with van der Waals surface area (Å²) in [7, 11) is 0. The van der Waals surface area contributed by atoms with Crippen LogP contribution in [-0.4, -0.2) is 47.3 Å². The highest BCUT2D eigenvalue weighted by atomic mass is 19.1. The quantitative estimate of drug-likeness (QED) is 0.192. The molecule has 0 fully saturated rings. The molecule has 0 aliphatic carbocycles. The van der Waals surface area contributed by atoms with Crippen molar-refractivity contribution in [2.45, 2.75) is 40.3 Å². The summed E-state index contributed by atoms with van der Waals surface area (Å²) in [6.07, 6.45) is 5.46. The molecule has 1 aromatic heterocycles. The van der Waals surface area contributed by atoms with Crippen molar-refractivity contribution in [1.82, 2.24) is 9.88 Å². The van der Waals surface area contributed by atoms with Gasteiger partial charge in [-0.2, -0.15) is 5.26 Å². The molecule has 0 aliphatic heterocycles. The second kappa shape index (κ2) is 13.6. The standard InChI is InChI=1S/C28H28FN5O5/c1-6-12-34-18(5)22(17(4)24(34)26(36)33-20-9-10-21(29)19(14-20)15-30)25(35)27(37)32-11-7-8-13-39-28(38)23(31)16(2)3/h1,9-10,14,16,23H,11-13,31H2,2-5H3,(H,32,37)(H,33,36). The first kappa shape index (κ1) is 30.3. The first-order chi connectivity index (χ1) is 18.4. The van der Waals surface area contributed by atoms with E-state index in [-0.39, 0.29) is 53.7 Å². The smallest absolute Gasteiger partial charge is 0.324 e. The number of esters is 1. The lowest BCUT2D eigenvalue weighted by Gasteiger charge is -2.12. The van der Waals surface area contributed by atoms with Crippen molar-refractivity contribution in [3.8, 4) is 30.3 Å². The summed E-state index contributed by atoms with van der Waals surface area (Å²) in [4.78, 5) is 50.4.